The summed E-state index contributed by atoms with van der Waals surface area (Å²) in [5.74, 6) is -0.234. The van der Waals surface area contributed by atoms with Crippen LogP contribution in [0.2, 0.25) is 18.1 Å². The van der Waals surface area contributed by atoms with Crippen LogP contribution in [0, 0.1) is 5.92 Å². The summed E-state index contributed by atoms with van der Waals surface area (Å²) in [5, 5.41) is 11.5. The summed E-state index contributed by atoms with van der Waals surface area (Å²) in [6, 6.07) is -0.278. The molecule has 122 valence electrons. The molecule has 1 aliphatic carbocycles. The molecule has 0 spiro atoms. The Labute approximate surface area is 128 Å². The highest BCUT2D eigenvalue weighted by molar-refractivity contribution is 6.74. The van der Waals surface area contributed by atoms with Crippen LogP contribution in [0.15, 0.2) is 0 Å². The minimum absolute atomic E-state index is 0.0391. The van der Waals surface area contributed by atoms with Crippen LogP contribution in [0.25, 0.3) is 0 Å². The third kappa shape index (κ3) is 4.81. The Kier molecular flexibility index (Phi) is 5.61. The van der Waals surface area contributed by atoms with E-state index in [-0.39, 0.29) is 28.9 Å². The summed E-state index contributed by atoms with van der Waals surface area (Å²) in [7, 11) is -1.86. The van der Waals surface area contributed by atoms with Crippen LogP contribution in [0.4, 0.5) is 4.79 Å². The number of ketones is 1. The quantitative estimate of drug-likeness (QED) is 0.780. The molecule has 2 N–H and O–H groups in total. The van der Waals surface area contributed by atoms with Crippen molar-refractivity contribution in [2.75, 3.05) is 0 Å². The van der Waals surface area contributed by atoms with Gasteiger partial charge in [-0.15, -0.1) is 0 Å². The lowest BCUT2D eigenvalue weighted by Gasteiger charge is -2.43. The second kappa shape index (κ2) is 6.48. The topological polar surface area (TPSA) is 75.6 Å². The maximum atomic E-state index is 11.8. The number of rotatable bonds is 4. The summed E-state index contributed by atoms with van der Waals surface area (Å²) in [6.07, 6.45) is 1.09. The van der Waals surface area contributed by atoms with Gasteiger partial charge >= 0.3 is 6.09 Å². The molecule has 1 amide bonds. The molecule has 0 aromatic heterocycles. The molecule has 0 aromatic rings. The van der Waals surface area contributed by atoms with Crippen LogP contribution in [-0.2, 0) is 9.22 Å². The van der Waals surface area contributed by atoms with Gasteiger partial charge < -0.3 is 14.8 Å². The molecule has 0 heterocycles. The van der Waals surface area contributed by atoms with E-state index in [4.69, 9.17) is 9.53 Å². The standard InChI is InChI=1S/C15H29NO4Si/c1-10(17)12-9-11(7-8-13(12)16-14(18)19)20-21(5,6)15(2,3)4/h11-13,16H,7-9H2,1-6H3,(H,18,19)/t11-,12-,13+/m1/s1. The Balaban J connectivity index is 2.74. The van der Waals surface area contributed by atoms with Crippen LogP contribution in [0.1, 0.15) is 47.0 Å². The second-order valence-electron chi connectivity index (χ2n) is 7.59. The first-order valence-corrected chi connectivity index (χ1v) is 10.5. The summed E-state index contributed by atoms with van der Waals surface area (Å²) < 4.78 is 6.39. The van der Waals surface area contributed by atoms with E-state index in [1.54, 1.807) is 0 Å². The largest absolute Gasteiger partial charge is 0.465 e. The number of amides is 1. The molecular formula is C15H29NO4Si. The zero-order chi connectivity index (χ0) is 16.4. The van der Waals surface area contributed by atoms with Crippen molar-refractivity contribution >= 4 is 20.2 Å². The zero-order valence-electron chi connectivity index (χ0n) is 14.0. The monoisotopic (exact) mass is 315 g/mol. The van der Waals surface area contributed by atoms with Gasteiger partial charge in [-0.25, -0.2) is 4.79 Å². The Morgan fingerprint density at radius 1 is 1.24 bits per heavy atom. The molecule has 0 aliphatic heterocycles. The van der Waals surface area contributed by atoms with Gasteiger partial charge in [-0.3, -0.25) is 4.79 Å². The minimum Gasteiger partial charge on any atom is -0.465 e. The third-order valence-electron chi connectivity index (χ3n) is 4.90. The fraction of sp³-hybridized carbons (Fsp3) is 0.867. The first-order valence-electron chi connectivity index (χ1n) is 7.62. The van der Waals surface area contributed by atoms with Gasteiger partial charge in [0.1, 0.15) is 5.78 Å². The van der Waals surface area contributed by atoms with Gasteiger partial charge in [-0.2, -0.15) is 0 Å². The zero-order valence-corrected chi connectivity index (χ0v) is 15.0. The highest BCUT2D eigenvalue weighted by atomic mass is 28.4. The maximum Gasteiger partial charge on any atom is 0.404 e. The van der Waals surface area contributed by atoms with Gasteiger partial charge in [0.05, 0.1) is 0 Å². The second-order valence-corrected chi connectivity index (χ2v) is 12.3. The maximum absolute atomic E-state index is 11.8. The number of hydrogen-bond acceptors (Lipinski definition) is 3. The molecular weight excluding hydrogens is 286 g/mol. The molecule has 1 saturated carbocycles. The molecule has 3 atom stereocenters. The van der Waals surface area contributed by atoms with Gasteiger partial charge in [0.2, 0.25) is 0 Å². The summed E-state index contributed by atoms with van der Waals surface area (Å²) in [6.45, 7) is 12.5. The lowest BCUT2D eigenvalue weighted by atomic mass is 9.81. The first-order chi connectivity index (χ1) is 9.44. The molecule has 1 rings (SSSR count). The molecule has 0 bridgehead atoms. The van der Waals surface area contributed by atoms with E-state index >= 15 is 0 Å². The number of carbonyl (C=O) groups is 2. The van der Waals surface area contributed by atoms with Gasteiger partial charge in [0.25, 0.3) is 0 Å². The fourth-order valence-corrected chi connectivity index (χ4v) is 4.01. The highest BCUT2D eigenvalue weighted by Crippen LogP contribution is 2.40. The van der Waals surface area contributed by atoms with E-state index in [1.807, 2.05) is 0 Å². The SMILES string of the molecule is CC(=O)[C@H]1C[C@H](O[Si](C)(C)C(C)(C)C)CC[C@@H]1NC(=O)O. The summed E-state index contributed by atoms with van der Waals surface area (Å²) >= 11 is 0. The van der Waals surface area contributed by atoms with E-state index in [9.17, 15) is 9.59 Å². The summed E-state index contributed by atoms with van der Waals surface area (Å²) in [4.78, 5) is 22.7. The number of Topliss-reactive ketones (excluding diaryl/α,β-unsaturated/α-hetero) is 1. The molecule has 6 heteroatoms. The van der Waals surface area contributed by atoms with Crippen molar-refractivity contribution in [2.45, 2.75) is 77.2 Å². The van der Waals surface area contributed by atoms with Crippen molar-refractivity contribution in [1.29, 1.82) is 0 Å². The lowest BCUT2D eigenvalue weighted by Crippen LogP contribution is -2.50. The average molecular weight is 315 g/mol. The average Bonchev–Trinajstić information content (AvgIpc) is 2.28. The Bertz CT molecular complexity index is 403. The fourth-order valence-electron chi connectivity index (χ4n) is 2.61. The normalized spacial score (nSPS) is 27.2. The molecule has 0 radical (unpaired) electrons. The van der Waals surface area contributed by atoms with E-state index in [1.165, 1.54) is 6.92 Å². The Hall–Kier alpha value is -0.883. The van der Waals surface area contributed by atoms with Crippen molar-refractivity contribution in [1.82, 2.24) is 5.32 Å². The molecule has 0 unspecified atom stereocenters. The van der Waals surface area contributed by atoms with Crippen LogP contribution in [0.5, 0.6) is 0 Å². The smallest absolute Gasteiger partial charge is 0.404 e. The van der Waals surface area contributed by atoms with Crippen molar-refractivity contribution in [3.63, 3.8) is 0 Å². The molecule has 0 saturated heterocycles. The number of carboxylic acid groups (broad SMARTS) is 1. The van der Waals surface area contributed by atoms with Gasteiger partial charge in [-0.05, 0) is 44.3 Å². The number of hydrogen-bond donors (Lipinski definition) is 2. The van der Waals surface area contributed by atoms with Gasteiger partial charge in [-0.1, -0.05) is 20.8 Å². The molecule has 1 aliphatic rings. The molecule has 21 heavy (non-hydrogen) atoms. The van der Waals surface area contributed by atoms with E-state index < -0.39 is 14.4 Å². The Morgan fingerprint density at radius 2 is 1.81 bits per heavy atom. The van der Waals surface area contributed by atoms with Crippen molar-refractivity contribution < 1.29 is 19.1 Å². The Morgan fingerprint density at radius 3 is 2.24 bits per heavy atom. The van der Waals surface area contributed by atoms with Crippen LogP contribution in [-0.4, -0.2) is 37.4 Å². The van der Waals surface area contributed by atoms with Crippen LogP contribution >= 0.6 is 0 Å². The molecule has 5 nitrogen and oxygen atoms in total. The van der Waals surface area contributed by atoms with Gasteiger partial charge in [0, 0.05) is 18.1 Å². The molecule has 0 aromatic carbocycles. The van der Waals surface area contributed by atoms with Crippen molar-refractivity contribution in [3.8, 4) is 0 Å². The predicted molar refractivity (Wildman–Crippen MR) is 85.0 cm³/mol. The molecule has 1 fully saturated rings. The minimum atomic E-state index is -1.86. The third-order valence-corrected chi connectivity index (χ3v) is 9.44. The van der Waals surface area contributed by atoms with E-state index in [0.717, 1.165) is 6.42 Å². The summed E-state index contributed by atoms with van der Waals surface area (Å²) in [5.41, 5.74) is 0. The van der Waals surface area contributed by atoms with E-state index in [0.29, 0.717) is 12.8 Å². The predicted octanol–water partition coefficient (Wildman–Crippen LogP) is 3.40. The van der Waals surface area contributed by atoms with Crippen LogP contribution < -0.4 is 5.32 Å². The van der Waals surface area contributed by atoms with Crippen molar-refractivity contribution in [3.05, 3.63) is 0 Å². The van der Waals surface area contributed by atoms with Crippen LogP contribution in [0.3, 0.4) is 0 Å². The number of nitrogens with one attached hydrogen (secondary N) is 1. The van der Waals surface area contributed by atoms with Crippen molar-refractivity contribution in [2.24, 2.45) is 5.92 Å². The van der Waals surface area contributed by atoms with E-state index in [2.05, 4.69) is 39.2 Å². The van der Waals surface area contributed by atoms with Gasteiger partial charge in [0.15, 0.2) is 8.32 Å². The highest BCUT2D eigenvalue weighted by Gasteiger charge is 2.42. The lowest BCUT2D eigenvalue weighted by molar-refractivity contribution is -0.123. The number of carbonyl (C=O) groups excluding carboxylic acids is 1. The first kappa shape index (κ1) is 18.2.